The molecule has 0 amide bonds. The summed E-state index contributed by atoms with van der Waals surface area (Å²) in [7, 11) is 0. The topological polar surface area (TPSA) is 56.0 Å². The molecule has 0 aliphatic carbocycles. The molecule has 21 heavy (non-hydrogen) atoms. The highest BCUT2D eigenvalue weighted by Gasteiger charge is 2.06. The molecule has 0 spiro atoms. The number of aryl methyl sites for hydroxylation is 2. The average molecular weight is 298 g/mol. The van der Waals surface area contributed by atoms with Crippen LogP contribution in [-0.2, 0) is 5.75 Å². The monoisotopic (exact) mass is 298 g/mol. The Balaban J connectivity index is 1.86. The first kappa shape index (κ1) is 13.8. The molecule has 0 bridgehead atoms. The van der Waals surface area contributed by atoms with Crippen LogP contribution in [0.5, 0.6) is 0 Å². The number of thioether (sulfide) groups is 1. The third-order valence-electron chi connectivity index (χ3n) is 2.99. The van der Waals surface area contributed by atoms with Gasteiger partial charge in [-0.2, -0.15) is 0 Å². The van der Waals surface area contributed by atoms with Gasteiger partial charge in [-0.05, 0) is 32.0 Å². The lowest BCUT2D eigenvalue weighted by molar-refractivity contribution is 0.560. The highest BCUT2D eigenvalue weighted by Crippen LogP contribution is 2.21. The minimum atomic E-state index is -0.0196. The minimum absolute atomic E-state index is 0.0196. The summed E-state index contributed by atoms with van der Waals surface area (Å²) in [5.74, 6) is 1.16. The van der Waals surface area contributed by atoms with Crippen LogP contribution in [0.2, 0.25) is 0 Å². The van der Waals surface area contributed by atoms with Crippen molar-refractivity contribution in [2.24, 2.45) is 0 Å². The van der Waals surface area contributed by atoms with Crippen LogP contribution in [0.25, 0.3) is 11.0 Å². The number of nitrogens with zero attached hydrogens (tertiary/aromatic N) is 2. The fourth-order valence-electron chi connectivity index (χ4n) is 2.12. The van der Waals surface area contributed by atoms with Crippen molar-refractivity contribution in [1.82, 2.24) is 9.97 Å². The molecule has 0 fully saturated rings. The predicted molar refractivity (Wildman–Crippen MR) is 83.6 cm³/mol. The van der Waals surface area contributed by atoms with Crippen LogP contribution >= 0.6 is 11.8 Å². The summed E-state index contributed by atoms with van der Waals surface area (Å²) in [5.41, 5.74) is 2.46. The Morgan fingerprint density at radius 2 is 1.81 bits per heavy atom. The van der Waals surface area contributed by atoms with E-state index >= 15 is 0 Å². The van der Waals surface area contributed by atoms with Crippen molar-refractivity contribution >= 4 is 22.7 Å². The number of fused-ring (bicyclic) bond motifs is 1. The molecule has 3 rings (SSSR count). The minimum Gasteiger partial charge on any atom is -0.460 e. The molecule has 0 saturated heterocycles. The second-order valence-electron chi connectivity index (χ2n) is 4.80. The Hall–Kier alpha value is -2.14. The van der Waals surface area contributed by atoms with Gasteiger partial charge in [-0.3, -0.25) is 4.79 Å². The molecule has 0 saturated carbocycles. The molecule has 106 valence electrons. The fourth-order valence-corrected chi connectivity index (χ4v) is 2.95. The van der Waals surface area contributed by atoms with Crippen LogP contribution in [-0.4, -0.2) is 9.97 Å². The lowest BCUT2D eigenvalue weighted by Gasteiger charge is -2.04. The molecule has 2 aromatic heterocycles. The first-order valence-corrected chi connectivity index (χ1v) is 7.57. The van der Waals surface area contributed by atoms with Gasteiger partial charge in [0, 0.05) is 17.5 Å². The predicted octanol–water partition coefficient (Wildman–Crippen LogP) is 3.49. The van der Waals surface area contributed by atoms with Crippen molar-refractivity contribution in [3.8, 4) is 0 Å². The number of benzene rings is 1. The zero-order valence-corrected chi connectivity index (χ0v) is 12.6. The molecule has 1 aromatic carbocycles. The molecule has 0 unspecified atom stereocenters. The van der Waals surface area contributed by atoms with Gasteiger partial charge < -0.3 is 4.42 Å². The Bertz CT molecular complexity index is 838. The standard InChI is InChI=1S/C16H14N2O2S/c1-10-7-11(2)18-16(17-10)21-9-12-8-14(19)13-5-3-4-6-15(13)20-12/h3-8H,9H2,1-2H3. The number of hydrogen-bond donors (Lipinski definition) is 0. The second kappa shape index (κ2) is 5.69. The smallest absolute Gasteiger partial charge is 0.192 e. The SMILES string of the molecule is Cc1cc(C)nc(SCc2cc(=O)c3ccccc3o2)n1. The fraction of sp³-hybridized carbons (Fsp3) is 0.188. The van der Waals surface area contributed by atoms with Crippen LogP contribution in [0.3, 0.4) is 0 Å². The van der Waals surface area contributed by atoms with E-state index in [1.54, 1.807) is 12.1 Å². The Morgan fingerprint density at radius 1 is 1.10 bits per heavy atom. The van der Waals surface area contributed by atoms with E-state index in [1.165, 1.54) is 17.8 Å². The van der Waals surface area contributed by atoms with Crippen molar-refractivity contribution in [1.29, 1.82) is 0 Å². The maximum absolute atomic E-state index is 12.0. The van der Waals surface area contributed by atoms with E-state index in [2.05, 4.69) is 9.97 Å². The molecule has 4 nitrogen and oxygen atoms in total. The van der Waals surface area contributed by atoms with Crippen molar-refractivity contribution in [3.63, 3.8) is 0 Å². The third kappa shape index (κ3) is 3.13. The largest absolute Gasteiger partial charge is 0.460 e. The van der Waals surface area contributed by atoms with E-state index in [4.69, 9.17) is 4.42 Å². The normalized spacial score (nSPS) is 11.0. The van der Waals surface area contributed by atoms with Gasteiger partial charge >= 0.3 is 0 Å². The first-order chi connectivity index (χ1) is 10.1. The lowest BCUT2D eigenvalue weighted by Crippen LogP contribution is -2.01. The molecule has 2 heterocycles. The Kier molecular flexibility index (Phi) is 3.75. The molecule has 0 N–H and O–H groups in total. The summed E-state index contributed by atoms with van der Waals surface area (Å²) in [6.45, 7) is 3.88. The van der Waals surface area contributed by atoms with Crippen LogP contribution in [0.1, 0.15) is 17.1 Å². The van der Waals surface area contributed by atoms with Crippen LogP contribution in [0.15, 0.2) is 50.8 Å². The Morgan fingerprint density at radius 3 is 2.57 bits per heavy atom. The van der Waals surface area contributed by atoms with Gasteiger partial charge in [-0.15, -0.1) is 0 Å². The Labute approximate surface area is 126 Å². The lowest BCUT2D eigenvalue weighted by atomic mass is 10.2. The van der Waals surface area contributed by atoms with Gasteiger partial charge in [0.2, 0.25) is 0 Å². The van der Waals surface area contributed by atoms with Crippen LogP contribution in [0, 0.1) is 13.8 Å². The maximum Gasteiger partial charge on any atom is 0.192 e. The summed E-state index contributed by atoms with van der Waals surface area (Å²) in [5, 5.41) is 1.30. The molecule has 0 radical (unpaired) electrons. The molecular formula is C16H14N2O2S. The summed E-state index contributed by atoms with van der Waals surface area (Å²) >= 11 is 1.46. The first-order valence-electron chi connectivity index (χ1n) is 6.59. The van der Waals surface area contributed by atoms with E-state index < -0.39 is 0 Å². The van der Waals surface area contributed by atoms with Crippen molar-refractivity contribution in [2.75, 3.05) is 0 Å². The molecular weight excluding hydrogens is 284 g/mol. The van der Waals surface area contributed by atoms with E-state index in [0.29, 0.717) is 27.6 Å². The van der Waals surface area contributed by atoms with Gasteiger partial charge in [0.25, 0.3) is 0 Å². The molecule has 0 aliphatic rings. The molecule has 0 atom stereocenters. The zero-order valence-electron chi connectivity index (χ0n) is 11.8. The van der Waals surface area contributed by atoms with E-state index in [-0.39, 0.29) is 5.43 Å². The summed E-state index contributed by atoms with van der Waals surface area (Å²) in [4.78, 5) is 20.8. The van der Waals surface area contributed by atoms with Crippen LogP contribution in [0.4, 0.5) is 0 Å². The van der Waals surface area contributed by atoms with E-state index in [9.17, 15) is 4.79 Å². The number of para-hydroxylation sites is 1. The quantitative estimate of drug-likeness (QED) is 0.547. The van der Waals surface area contributed by atoms with E-state index in [1.807, 2.05) is 32.0 Å². The molecule has 0 aliphatic heterocycles. The van der Waals surface area contributed by atoms with E-state index in [0.717, 1.165) is 11.4 Å². The highest BCUT2D eigenvalue weighted by atomic mass is 32.2. The van der Waals surface area contributed by atoms with Crippen LogP contribution < -0.4 is 5.43 Å². The number of hydrogen-bond acceptors (Lipinski definition) is 5. The van der Waals surface area contributed by atoms with Crippen molar-refractivity contribution in [2.45, 2.75) is 24.8 Å². The second-order valence-corrected chi connectivity index (χ2v) is 5.74. The van der Waals surface area contributed by atoms with Gasteiger partial charge in [0.05, 0.1) is 11.1 Å². The average Bonchev–Trinajstić information content (AvgIpc) is 2.44. The van der Waals surface area contributed by atoms with Crippen molar-refractivity contribution < 1.29 is 4.42 Å². The van der Waals surface area contributed by atoms with Gasteiger partial charge in [-0.1, -0.05) is 23.9 Å². The molecule has 5 heteroatoms. The highest BCUT2D eigenvalue weighted by molar-refractivity contribution is 7.98. The van der Waals surface area contributed by atoms with Gasteiger partial charge in [0.1, 0.15) is 11.3 Å². The number of aromatic nitrogens is 2. The van der Waals surface area contributed by atoms with Crippen molar-refractivity contribution in [3.05, 3.63) is 63.8 Å². The molecule has 3 aromatic rings. The summed E-state index contributed by atoms with van der Waals surface area (Å²) < 4.78 is 5.75. The van der Waals surface area contributed by atoms with Gasteiger partial charge in [-0.25, -0.2) is 9.97 Å². The third-order valence-corrected chi connectivity index (χ3v) is 3.86. The van der Waals surface area contributed by atoms with Gasteiger partial charge in [0.15, 0.2) is 10.6 Å². The maximum atomic E-state index is 12.0. The summed E-state index contributed by atoms with van der Waals surface area (Å²) in [6.07, 6.45) is 0. The summed E-state index contributed by atoms with van der Waals surface area (Å²) in [6, 6.07) is 10.7. The number of rotatable bonds is 3. The zero-order chi connectivity index (χ0) is 14.8.